The Morgan fingerprint density at radius 2 is 2.15 bits per heavy atom. The van der Waals surface area contributed by atoms with Gasteiger partial charge >= 0.3 is 0 Å². The molecule has 1 saturated heterocycles. The number of amides is 2. The van der Waals surface area contributed by atoms with E-state index in [1.807, 2.05) is 23.1 Å². The van der Waals surface area contributed by atoms with E-state index in [0.717, 1.165) is 44.2 Å². The number of methoxy groups -OCH3 is 1. The SMILES string of the molecule is C=CCc1ccc(OCC(=O)NCCCN2CCCCCC2=O)c(OC)c1. The summed E-state index contributed by atoms with van der Waals surface area (Å²) in [6.07, 6.45) is 7.14. The van der Waals surface area contributed by atoms with E-state index in [2.05, 4.69) is 11.9 Å². The molecule has 0 saturated carbocycles. The summed E-state index contributed by atoms with van der Waals surface area (Å²) in [5.41, 5.74) is 1.07. The number of rotatable bonds is 10. The van der Waals surface area contributed by atoms with Crippen molar-refractivity contribution in [2.75, 3.05) is 33.4 Å². The fourth-order valence-corrected chi connectivity index (χ4v) is 3.09. The van der Waals surface area contributed by atoms with Crippen LogP contribution in [0.4, 0.5) is 0 Å². The second-order valence-corrected chi connectivity index (χ2v) is 6.66. The second kappa shape index (κ2) is 11.3. The summed E-state index contributed by atoms with van der Waals surface area (Å²) >= 11 is 0. The van der Waals surface area contributed by atoms with Crippen molar-refractivity contribution in [3.8, 4) is 11.5 Å². The average molecular weight is 374 g/mol. The van der Waals surface area contributed by atoms with Crippen LogP contribution in [0.2, 0.25) is 0 Å². The molecule has 1 aliphatic rings. The number of ether oxygens (including phenoxy) is 2. The van der Waals surface area contributed by atoms with Gasteiger partial charge in [-0.1, -0.05) is 18.6 Å². The van der Waals surface area contributed by atoms with Gasteiger partial charge in [0.15, 0.2) is 18.1 Å². The van der Waals surface area contributed by atoms with Crippen molar-refractivity contribution < 1.29 is 19.1 Å². The summed E-state index contributed by atoms with van der Waals surface area (Å²) in [6.45, 7) is 5.70. The Labute approximate surface area is 161 Å². The van der Waals surface area contributed by atoms with Crippen LogP contribution in [0, 0.1) is 0 Å². The lowest BCUT2D eigenvalue weighted by molar-refractivity contribution is -0.130. The predicted molar refractivity (Wildman–Crippen MR) is 105 cm³/mol. The highest BCUT2D eigenvalue weighted by molar-refractivity contribution is 5.77. The molecule has 0 aromatic heterocycles. The molecule has 2 amide bonds. The molecule has 6 nitrogen and oxygen atoms in total. The van der Waals surface area contributed by atoms with Gasteiger partial charge in [0.1, 0.15) is 0 Å². The number of nitrogens with zero attached hydrogens (tertiary/aromatic N) is 1. The summed E-state index contributed by atoms with van der Waals surface area (Å²) in [6, 6.07) is 5.61. The Bertz CT molecular complexity index is 645. The second-order valence-electron chi connectivity index (χ2n) is 6.66. The quantitative estimate of drug-likeness (QED) is 0.505. The number of carbonyl (C=O) groups is 2. The van der Waals surface area contributed by atoms with Crippen molar-refractivity contribution in [2.45, 2.75) is 38.5 Å². The van der Waals surface area contributed by atoms with E-state index >= 15 is 0 Å². The number of carbonyl (C=O) groups excluding carboxylic acids is 2. The third kappa shape index (κ3) is 6.96. The Morgan fingerprint density at radius 1 is 1.30 bits per heavy atom. The van der Waals surface area contributed by atoms with Gasteiger partial charge in [-0.05, 0) is 43.4 Å². The normalized spacial score (nSPS) is 14.4. The van der Waals surface area contributed by atoms with Crippen LogP contribution in [0.15, 0.2) is 30.9 Å². The fourth-order valence-electron chi connectivity index (χ4n) is 3.09. The van der Waals surface area contributed by atoms with E-state index in [4.69, 9.17) is 9.47 Å². The largest absolute Gasteiger partial charge is 0.493 e. The van der Waals surface area contributed by atoms with E-state index in [0.29, 0.717) is 31.0 Å². The lowest BCUT2D eigenvalue weighted by Crippen LogP contribution is -2.35. The van der Waals surface area contributed by atoms with E-state index in [9.17, 15) is 9.59 Å². The molecule has 1 aromatic carbocycles. The van der Waals surface area contributed by atoms with E-state index < -0.39 is 0 Å². The van der Waals surface area contributed by atoms with Gasteiger partial charge in [0, 0.05) is 26.1 Å². The Morgan fingerprint density at radius 3 is 2.93 bits per heavy atom. The average Bonchev–Trinajstić information content (AvgIpc) is 2.88. The minimum Gasteiger partial charge on any atom is -0.493 e. The van der Waals surface area contributed by atoms with E-state index in [1.54, 1.807) is 13.2 Å². The number of nitrogens with one attached hydrogen (secondary N) is 1. The zero-order valence-electron chi connectivity index (χ0n) is 16.2. The number of benzene rings is 1. The molecule has 0 aliphatic carbocycles. The monoisotopic (exact) mass is 374 g/mol. The molecule has 1 aliphatic heterocycles. The van der Waals surface area contributed by atoms with Crippen molar-refractivity contribution in [1.82, 2.24) is 10.2 Å². The first-order valence-corrected chi connectivity index (χ1v) is 9.59. The van der Waals surface area contributed by atoms with Crippen LogP contribution in [-0.4, -0.2) is 50.1 Å². The number of likely N-dealkylation sites (tertiary alicyclic amines) is 1. The standard InChI is InChI=1S/C21H30N2O4/c1-3-8-17-10-11-18(19(15-17)26-2)27-16-20(24)22-12-7-14-23-13-6-4-5-9-21(23)25/h3,10-11,15H,1,4-9,12-14,16H2,2H3,(H,22,24). The maximum absolute atomic E-state index is 12.0. The van der Waals surface area contributed by atoms with Gasteiger partial charge in [-0.25, -0.2) is 0 Å². The zero-order valence-corrected chi connectivity index (χ0v) is 16.2. The van der Waals surface area contributed by atoms with Gasteiger partial charge in [-0.15, -0.1) is 6.58 Å². The third-order valence-corrected chi connectivity index (χ3v) is 4.57. The molecule has 2 rings (SSSR count). The summed E-state index contributed by atoms with van der Waals surface area (Å²) < 4.78 is 10.9. The highest BCUT2D eigenvalue weighted by Gasteiger charge is 2.15. The van der Waals surface area contributed by atoms with Crippen LogP contribution in [0.3, 0.4) is 0 Å². The Kier molecular flexibility index (Phi) is 8.68. The molecule has 0 atom stereocenters. The number of allylic oxidation sites excluding steroid dienone is 1. The third-order valence-electron chi connectivity index (χ3n) is 4.57. The van der Waals surface area contributed by atoms with Crippen molar-refractivity contribution in [3.05, 3.63) is 36.4 Å². The van der Waals surface area contributed by atoms with Gasteiger partial charge in [0.05, 0.1) is 7.11 Å². The molecular weight excluding hydrogens is 344 g/mol. The smallest absolute Gasteiger partial charge is 0.257 e. The van der Waals surface area contributed by atoms with Crippen molar-refractivity contribution >= 4 is 11.8 Å². The van der Waals surface area contributed by atoms with Crippen LogP contribution in [-0.2, 0) is 16.0 Å². The van der Waals surface area contributed by atoms with Gasteiger partial charge in [-0.2, -0.15) is 0 Å². The summed E-state index contributed by atoms with van der Waals surface area (Å²) in [5, 5.41) is 2.84. The maximum atomic E-state index is 12.0. The molecule has 6 heteroatoms. The van der Waals surface area contributed by atoms with E-state index in [-0.39, 0.29) is 18.4 Å². The lowest BCUT2D eigenvalue weighted by Gasteiger charge is -2.20. The van der Waals surface area contributed by atoms with Gasteiger partial charge < -0.3 is 19.7 Å². The highest BCUT2D eigenvalue weighted by Crippen LogP contribution is 2.28. The Hall–Kier alpha value is -2.50. The molecule has 148 valence electrons. The topological polar surface area (TPSA) is 67.9 Å². The fraction of sp³-hybridized carbons (Fsp3) is 0.524. The summed E-state index contributed by atoms with van der Waals surface area (Å²) in [4.78, 5) is 25.8. The molecule has 0 spiro atoms. The minimum absolute atomic E-state index is 0.0696. The first kappa shape index (κ1) is 20.8. The molecule has 0 radical (unpaired) electrons. The van der Waals surface area contributed by atoms with Crippen LogP contribution in [0.1, 0.15) is 37.7 Å². The summed E-state index contributed by atoms with van der Waals surface area (Å²) in [5.74, 6) is 1.18. The van der Waals surface area contributed by atoms with Gasteiger partial charge in [0.2, 0.25) is 5.91 Å². The molecule has 1 heterocycles. The molecule has 0 unspecified atom stereocenters. The van der Waals surface area contributed by atoms with Crippen LogP contribution in [0.25, 0.3) is 0 Å². The predicted octanol–water partition coefficient (Wildman–Crippen LogP) is 2.71. The lowest BCUT2D eigenvalue weighted by atomic mass is 10.1. The van der Waals surface area contributed by atoms with Crippen molar-refractivity contribution in [3.63, 3.8) is 0 Å². The van der Waals surface area contributed by atoms with Crippen LogP contribution >= 0.6 is 0 Å². The molecule has 1 fully saturated rings. The zero-order chi connectivity index (χ0) is 19.5. The number of hydrogen-bond acceptors (Lipinski definition) is 4. The van der Waals surface area contributed by atoms with Crippen molar-refractivity contribution in [1.29, 1.82) is 0 Å². The maximum Gasteiger partial charge on any atom is 0.257 e. The molecular formula is C21H30N2O4. The number of hydrogen-bond donors (Lipinski definition) is 1. The van der Waals surface area contributed by atoms with Gasteiger partial charge in [0.25, 0.3) is 5.91 Å². The van der Waals surface area contributed by atoms with Crippen molar-refractivity contribution in [2.24, 2.45) is 0 Å². The first-order chi connectivity index (χ1) is 13.1. The minimum atomic E-state index is -0.186. The molecule has 0 bridgehead atoms. The molecule has 27 heavy (non-hydrogen) atoms. The molecule has 1 aromatic rings. The van der Waals surface area contributed by atoms with Crippen LogP contribution in [0.5, 0.6) is 11.5 Å². The Balaban J connectivity index is 1.70. The van der Waals surface area contributed by atoms with Gasteiger partial charge in [-0.3, -0.25) is 9.59 Å². The summed E-state index contributed by atoms with van der Waals surface area (Å²) in [7, 11) is 1.57. The van der Waals surface area contributed by atoms with Crippen LogP contribution < -0.4 is 14.8 Å². The highest BCUT2D eigenvalue weighted by atomic mass is 16.5. The van der Waals surface area contributed by atoms with E-state index in [1.165, 1.54) is 0 Å². The first-order valence-electron chi connectivity index (χ1n) is 9.59. The molecule has 1 N–H and O–H groups in total.